The molecular formula is C9H17ClN4O2S. The molecule has 0 radical (unpaired) electrons. The number of nitrogens with two attached hydrogens (primary N) is 1. The zero-order valence-electron chi connectivity index (χ0n) is 9.75. The van der Waals surface area contributed by atoms with E-state index < -0.39 is 10.0 Å². The first-order valence-corrected chi connectivity index (χ1v) is 6.62. The molecule has 3 N–H and O–H groups in total. The molecule has 98 valence electrons. The van der Waals surface area contributed by atoms with Gasteiger partial charge in [-0.05, 0) is 12.8 Å². The van der Waals surface area contributed by atoms with Gasteiger partial charge in [-0.25, -0.2) is 8.42 Å². The lowest BCUT2D eigenvalue weighted by Gasteiger charge is -2.15. The maximum atomic E-state index is 12.2. The van der Waals surface area contributed by atoms with Crippen molar-refractivity contribution in [3.8, 4) is 0 Å². The summed E-state index contributed by atoms with van der Waals surface area (Å²) in [6.45, 7) is 4.52. The predicted octanol–water partition coefficient (Wildman–Crippen LogP) is 0.108. The topological polar surface area (TPSA) is 92.1 Å². The Labute approximate surface area is 107 Å². The molecule has 0 saturated carbocycles. The second-order valence-electron chi connectivity index (χ2n) is 4.32. The molecule has 2 atom stereocenters. The molecule has 0 spiro atoms. The fraction of sp³-hybridized carbons (Fsp3) is 0.667. The zero-order chi connectivity index (χ0) is 11.9. The maximum absolute atomic E-state index is 12.2. The van der Waals surface area contributed by atoms with Crippen LogP contribution in [0, 0.1) is 12.8 Å². The summed E-state index contributed by atoms with van der Waals surface area (Å²) in [5.74, 6) is 0.196. The van der Waals surface area contributed by atoms with E-state index in [4.69, 9.17) is 5.73 Å². The summed E-state index contributed by atoms with van der Waals surface area (Å²) in [6, 6.07) is -0.0815. The van der Waals surface area contributed by atoms with Gasteiger partial charge in [-0.3, -0.25) is 5.10 Å². The second-order valence-corrected chi connectivity index (χ2v) is 6.23. The number of aromatic amines is 1. The molecule has 1 aromatic rings. The van der Waals surface area contributed by atoms with E-state index in [2.05, 4.69) is 10.2 Å². The van der Waals surface area contributed by atoms with Crippen LogP contribution in [0.15, 0.2) is 11.1 Å². The fourth-order valence-corrected chi connectivity index (χ4v) is 3.58. The van der Waals surface area contributed by atoms with Crippen molar-refractivity contribution in [1.29, 1.82) is 0 Å². The first-order valence-electron chi connectivity index (χ1n) is 5.18. The largest absolute Gasteiger partial charge is 0.326 e. The molecule has 8 heteroatoms. The van der Waals surface area contributed by atoms with Crippen LogP contribution in [0.2, 0.25) is 0 Å². The minimum atomic E-state index is -3.43. The minimum absolute atomic E-state index is 0. The van der Waals surface area contributed by atoms with Crippen molar-refractivity contribution in [3.63, 3.8) is 0 Å². The number of aromatic nitrogens is 2. The van der Waals surface area contributed by atoms with Crippen LogP contribution < -0.4 is 5.73 Å². The van der Waals surface area contributed by atoms with Gasteiger partial charge < -0.3 is 5.73 Å². The summed E-state index contributed by atoms with van der Waals surface area (Å²) in [5.41, 5.74) is 6.39. The highest BCUT2D eigenvalue weighted by molar-refractivity contribution is 7.89. The van der Waals surface area contributed by atoms with Crippen molar-refractivity contribution in [2.45, 2.75) is 24.8 Å². The van der Waals surface area contributed by atoms with Gasteiger partial charge in [-0.1, -0.05) is 6.92 Å². The van der Waals surface area contributed by atoms with Crippen molar-refractivity contribution in [3.05, 3.63) is 11.9 Å². The van der Waals surface area contributed by atoms with Gasteiger partial charge in [0.1, 0.15) is 4.90 Å². The summed E-state index contributed by atoms with van der Waals surface area (Å²) < 4.78 is 25.9. The Kier molecular flexibility index (Phi) is 4.19. The molecule has 0 aromatic carbocycles. The summed E-state index contributed by atoms with van der Waals surface area (Å²) in [4.78, 5) is 0.244. The summed E-state index contributed by atoms with van der Waals surface area (Å²) in [5, 5.41) is 6.37. The lowest BCUT2D eigenvalue weighted by atomic mass is 10.1. The molecule has 2 heterocycles. The molecule has 1 aliphatic rings. The molecule has 0 aliphatic carbocycles. The number of aryl methyl sites for hydroxylation is 1. The summed E-state index contributed by atoms with van der Waals surface area (Å²) in [6.07, 6.45) is 1.35. The third-order valence-corrected chi connectivity index (χ3v) is 4.98. The van der Waals surface area contributed by atoms with Gasteiger partial charge in [-0.15, -0.1) is 12.4 Å². The fourth-order valence-electron chi connectivity index (χ4n) is 1.88. The van der Waals surface area contributed by atoms with E-state index in [1.807, 2.05) is 6.92 Å². The number of halogens is 1. The van der Waals surface area contributed by atoms with Gasteiger partial charge in [0.05, 0.1) is 11.9 Å². The highest BCUT2D eigenvalue weighted by atomic mass is 35.5. The second kappa shape index (κ2) is 4.93. The van der Waals surface area contributed by atoms with Crippen LogP contribution in [0.5, 0.6) is 0 Å². The molecule has 1 saturated heterocycles. The van der Waals surface area contributed by atoms with Gasteiger partial charge >= 0.3 is 0 Å². The SMILES string of the molecule is Cc1[nH]ncc1S(=O)(=O)N1CC(C)C(N)C1.Cl. The van der Waals surface area contributed by atoms with E-state index in [0.717, 1.165) is 0 Å². The quantitative estimate of drug-likeness (QED) is 0.804. The minimum Gasteiger partial charge on any atom is -0.326 e. The van der Waals surface area contributed by atoms with Gasteiger partial charge in [-0.2, -0.15) is 9.40 Å². The van der Waals surface area contributed by atoms with Gasteiger partial charge in [0.2, 0.25) is 10.0 Å². The van der Waals surface area contributed by atoms with E-state index in [-0.39, 0.29) is 29.3 Å². The third-order valence-electron chi connectivity index (χ3n) is 3.04. The molecule has 2 rings (SSSR count). The van der Waals surface area contributed by atoms with Crippen LogP contribution in [0.3, 0.4) is 0 Å². The lowest BCUT2D eigenvalue weighted by molar-refractivity contribution is 0.464. The zero-order valence-corrected chi connectivity index (χ0v) is 11.4. The molecule has 1 fully saturated rings. The van der Waals surface area contributed by atoms with Crippen LogP contribution >= 0.6 is 12.4 Å². The van der Waals surface area contributed by atoms with Crippen LogP contribution in [0.1, 0.15) is 12.6 Å². The van der Waals surface area contributed by atoms with E-state index in [9.17, 15) is 8.42 Å². The van der Waals surface area contributed by atoms with E-state index in [0.29, 0.717) is 18.8 Å². The van der Waals surface area contributed by atoms with Crippen LogP contribution in [0.25, 0.3) is 0 Å². The molecule has 17 heavy (non-hydrogen) atoms. The highest BCUT2D eigenvalue weighted by Gasteiger charge is 2.36. The molecule has 0 amide bonds. The lowest BCUT2D eigenvalue weighted by Crippen LogP contribution is -2.32. The van der Waals surface area contributed by atoms with Crippen molar-refractivity contribution >= 4 is 22.4 Å². The molecular weight excluding hydrogens is 264 g/mol. The number of nitrogens with one attached hydrogen (secondary N) is 1. The monoisotopic (exact) mass is 280 g/mol. The number of H-pyrrole nitrogens is 1. The van der Waals surface area contributed by atoms with Crippen molar-refractivity contribution in [1.82, 2.24) is 14.5 Å². The normalized spacial score (nSPS) is 25.8. The molecule has 2 unspecified atom stereocenters. The van der Waals surface area contributed by atoms with E-state index >= 15 is 0 Å². The predicted molar refractivity (Wildman–Crippen MR) is 66.5 cm³/mol. The van der Waals surface area contributed by atoms with Crippen molar-refractivity contribution < 1.29 is 8.42 Å². The van der Waals surface area contributed by atoms with Gasteiger partial charge in [0, 0.05) is 19.1 Å². The molecule has 0 bridgehead atoms. The number of sulfonamides is 1. The molecule has 1 aliphatic heterocycles. The average molecular weight is 281 g/mol. The average Bonchev–Trinajstić information content (AvgIpc) is 2.75. The Morgan fingerprint density at radius 3 is 2.59 bits per heavy atom. The Hall–Kier alpha value is -0.630. The smallest absolute Gasteiger partial charge is 0.246 e. The Morgan fingerprint density at radius 1 is 1.53 bits per heavy atom. The van der Waals surface area contributed by atoms with Crippen LogP contribution in [0.4, 0.5) is 0 Å². The van der Waals surface area contributed by atoms with Crippen LogP contribution in [-0.2, 0) is 10.0 Å². The van der Waals surface area contributed by atoms with Gasteiger partial charge in [0.25, 0.3) is 0 Å². The third kappa shape index (κ3) is 2.47. The first-order chi connectivity index (χ1) is 7.43. The van der Waals surface area contributed by atoms with Crippen molar-refractivity contribution in [2.24, 2.45) is 11.7 Å². The van der Waals surface area contributed by atoms with E-state index in [1.165, 1.54) is 10.5 Å². The Bertz CT molecular complexity index is 477. The summed E-state index contributed by atoms with van der Waals surface area (Å²) in [7, 11) is -3.43. The maximum Gasteiger partial charge on any atom is 0.246 e. The highest BCUT2D eigenvalue weighted by Crippen LogP contribution is 2.24. The Morgan fingerprint density at radius 2 is 2.18 bits per heavy atom. The number of hydrogen-bond acceptors (Lipinski definition) is 4. The standard InChI is InChI=1S/C9H16N4O2S.ClH/c1-6-4-13(5-8(6)10)16(14,15)9-3-11-12-7(9)2;/h3,6,8H,4-5,10H2,1-2H3,(H,11,12);1H. The van der Waals surface area contributed by atoms with Gasteiger partial charge in [0.15, 0.2) is 0 Å². The molecule has 6 nitrogen and oxygen atoms in total. The number of hydrogen-bond donors (Lipinski definition) is 2. The Balaban J connectivity index is 0.00000144. The van der Waals surface area contributed by atoms with Crippen LogP contribution in [-0.4, -0.2) is 42.1 Å². The van der Waals surface area contributed by atoms with Crippen molar-refractivity contribution in [2.75, 3.05) is 13.1 Å². The first kappa shape index (κ1) is 14.4. The number of nitrogens with zero attached hydrogens (tertiary/aromatic N) is 2. The molecule has 1 aromatic heterocycles. The number of rotatable bonds is 2. The van der Waals surface area contributed by atoms with E-state index in [1.54, 1.807) is 6.92 Å². The summed E-state index contributed by atoms with van der Waals surface area (Å²) >= 11 is 0.